The Labute approximate surface area is 81.4 Å². The molecule has 0 bridgehead atoms. The summed E-state index contributed by atoms with van der Waals surface area (Å²) in [7, 11) is 0. The van der Waals surface area contributed by atoms with Gasteiger partial charge in [0.1, 0.15) is 0 Å². The maximum absolute atomic E-state index is 10.7. The lowest BCUT2D eigenvalue weighted by Gasteiger charge is -2.27. The highest BCUT2D eigenvalue weighted by Crippen LogP contribution is 2.30. The Hall–Kier alpha value is -1.10. The molecule has 5 nitrogen and oxygen atoms in total. The number of carboxylic acid groups (broad SMARTS) is 2. The van der Waals surface area contributed by atoms with Crippen LogP contribution in [-0.2, 0) is 9.59 Å². The molecule has 0 atom stereocenters. The highest BCUT2D eigenvalue weighted by Gasteiger charge is 2.36. The SMILES string of the molecule is O=C(O)C(C(=O)O)C1CCC(O)CC1. The van der Waals surface area contributed by atoms with Gasteiger partial charge in [0.2, 0.25) is 0 Å². The molecule has 80 valence electrons. The molecule has 0 unspecified atom stereocenters. The van der Waals surface area contributed by atoms with Crippen molar-refractivity contribution in [2.45, 2.75) is 31.8 Å². The lowest BCUT2D eigenvalue weighted by Crippen LogP contribution is -2.34. The second kappa shape index (κ2) is 4.41. The fourth-order valence-corrected chi connectivity index (χ4v) is 1.94. The lowest BCUT2D eigenvalue weighted by atomic mass is 9.79. The fraction of sp³-hybridized carbons (Fsp3) is 0.778. The van der Waals surface area contributed by atoms with E-state index in [0.717, 1.165) is 0 Å². The third-order valence-corrected chi connectivity index (χ3v) is 2.74. The summed E-state index contributed by atoms with van der Waals surface area (Å²) in [5.41, 5.74) is 0. The smallest absolute Gasteiger partial charge is 0.318 e. The van der Waals surface area contributed by atoms with Gasteiger partial charge in [-0.15, -0.1) is 0 Å². The van der Waals surface area contributed by atoms with E-state index >= 15 is 0 Å². The second-order valence-electron chi connectivity index (χ2n) is 3.72. The predicted molar refractivity (Wildman–Crippen MR) is 46.7 cm³/mol. The zero-order chi connectivity index (χ0) is 10.7. The van der Waals surface area contributed by atoms with Crippen LogP contribution >= 0.6 is 0 Å². The van der Waals surface area contributed by atoms with E-state index in [2.05, 4.69) is 0 Å². The van der Waals surface area contributed by atoms with Gasteiger partial charge < -0.3 is 15.3 Å². The van der Waals surface area contributed by atoms with Gasteiger partial charge in [0.15, 0.2) is 5.92 Å². The van der Waals surface area contributed by atoms with Crippen molar-refractivity contribution in [1.29, 1.82) is 0 Å². The Bertz CT molecular complexity index is 215. The number of carbonyl (C=O) groups is 2. The van der Waals surface area contributed by atoms with Gasteiger partial charge in [-0.1, -0.05) is 0 Å². The Balaban J connectivity index is 2.61. The Morgan fingerprint density at radius 2 is 1.43 bits per heavy atom. The number of aliphatic hydroxyl groups excluding tert-OH is 1. The van der Waals surface area contributed by atoms with E-state index in [1.807, 2.05) is 0 Å². The lowest BCUT2D eigenvalue weighted by molar-refractivity contribution is -0.158. The molecule has 1 aliphatic rings. The van der Waals surface area contributed by atoms with Crippen LogP contribution < -0.4 is 0 Å². The summed E-state index contributed by atoms with van der Waals surface area (Å²) in [6, 6.07) is 0. The van der Waals surface area contributed by atoms with Crippen molar-refractivity contribution in [3.63, 3.8) is 0 Å². The van der Waals surface area contributed by atoms with Crippen LogP contribution in [0.2, 0.25) is 0 Å². The molecule has 0 radical (unpaired) electrons. The molecule has 0 amide bonds. The van der Waals surface area contributed by atoms with Crippen molar-refractivity contribution in [3.8, 4) is 0 Å². The molecular weight excluding hydrogens is 188 g/mol. The normalized spacial score (nSPS) is 27.6. The molecule has 0 aliphatic heterocycles. The minimum atomic E-state index is -1.32. The second-order valence-corrected chi connectivity index (χ2v) is 3.72. The third-order valence-electron chi connectivity index (χ3n) is 2.74. The van der Waals surface area contributed by atoms with Crippen molar-refractivity contribution < 1.29 is 24.9 Å². The van der Waals surface area contributed by atoms with Crippen LogP contribution in [0.15, 0.2) is 0 Å². The summed E-state index contributed by atoms with van der Waals surface area (Å²) in [5, 5.41) is 26.6. The fourth-order valence-electron chi connectivity index (χ4n) is 1.94. The van der Waals surface area contributed by atoms with E-state index < -0.39 is 24.0 Å². The quantitative estimate of drug-likeness (QED) is 0.573. The third kappa shape index (κ3) is 2.45. The molecule has 1 rings (SSSR count). The van der Waals surface area contributed by atoms with Crippen LogP contribution in [0.3, 0.4) is 0 Å². The number of hydrogen-bond donors (Lipinski definition) is 3. The topological polar surface area (TPSA) is 94.8 Å². The number of rotatable bonds is 3. The zero-order valence-corrected chi connectivity index (χ0v) is 7.72. The van der Waals surface area contributed by atoms with Crippen LogP contribution in [0.4, 0.5) is 0 Å². The number of aliphatic carboxylic acids is 2. The molecule has 5 heteroatoms. The average molecular weight is 202 g/mol. The van der Waals surface area contributed by atoms with Gasteiger partial charge >= 0.3 is 11.9 Å². The van der Waals surface area contributed by atoms with Crippen LogP contribution in [0.25, 0.3) is 0 Å². The summed E-state index contributed by atoms with van der Waals surface area (Å²) >= 11 is 0. The van der Waals surface area contributed by atoms with E-state index in [9.17, 15) is 14.7 Å². The van der Waals surface area contributed by atoms with E-state index in [1.54, 1.807) is 0 Å². The van der Waals surface area contributed by atoms with E-state index in [1.165, 1.54) is 0 Å². The predicted octanol–water partition coefficient (Wildman–Crippen LogP) is 0.323. The van der Waals surface area contributed by atoms with Gasteiger partial charge in [0.25, 0.3) is 0 Å². The van der Waals surface area contributed by atoms with Crippen molar-refractivity contribution in [2.24, 2.45) is 11.8 Å². The molecule has 1 fully saturated rings. The monoisotopic (exact) mass is 202 g/mol. The Kier molecular flexibility index (Phi) is 3.46. The number of hydrogen-bond acceptors (Lipinski definition) is 3. The van der Waals surface area contributed by atoms with Gasteiger partial charge in [0, 0.05) is 0 Å². The number of aliphatic hydroxyl groups is 1. The van der Waals surface area contributed by atoms with Gasteiger partial charge in [0.05, 0.1) is 6.10 Å². The minimum Gasteiger partial charge on any atom is -0.481 e. The highest BCUT2D eigenvalue weighted by atomic mass is 16.4. The van der Waals surface area contributed by atoms with Crippen molar-refractivity contribution in [1.82, 2.24) is 0 Å². The van der Waals surface area contributed by atoms with Gasteiger partial charge in [-0.25, -0.2) is 0 Å². The molecule has 1 aliphatic carbocycles. The maximum Gasteiger partial charge on any atom is 0.318 e. The summed E-state index contributed by atoms with van der Waals surface area (Å²) in [6.45, 7) is 0. The molecule has 0 spiro atoms. The molecule has 0 saturated heterocycles. The van der Waals surface area contributed by atoms with E-state index in [0.29, 0.717) is 25.7 Å². The molecule has 0 aromatic carbocycles. The van der Waals surface area contributed by atoms with Gasteiger partial charge in [-0.2, -0.15) is 0 Å². The van der Waals surface area contributed by atoms with Crippen molar-refractivity contribution >= 4 is 11.9 Å². The van der Waals surface area contributed by atoms with Crippen molar-refractivity contribution in [2.75, 3.05) is 0 Å². The first-order valence-electron chi connectivity index (χ1n) is 4.66. The molecule has 14 heavy (non-hydrogen) atoms. The first-order chi connectivity index (χ1) is 6.52. The van der Waals surface area contributed by atoms with Crippen LogP contribution in [0.5, 0.6) is 0 Å². The first kappa shape index (κ1) is 11.0. The van der Waals surface area contributed by atoms with Crippen LogP contribution in [0.1, 0.15) is 25.7 Å². The highest BCUT2D eigenvalue weighted by molar-refractivity contribution is 5.93. The first-order valence-corrected chi connectivity index (χ1v) is 4.66. The Morgan fingerprint density at radius 3 is 1.79 bits per heavy atom. The number of carboxylic acids is 2. The minimum absolute atomic E-state index is 0.339. The summed E-state index contributed by atoms with van der Waals surface area (Å²) < 4.78 is 0. The largest absolute Gasteiger partial charge is 0.481 e. The zero-order valence-electron chi connectivity index (χ0n) is 7.72. The van der Waals surface area contributed by atoms with Crippen LogP contribution in [-0.4, -0.2) is 33.4 Å². The molecule has 0 aromatic heterocycles. The van der Waals surface area contributed by atoms with Gasteiger partial charge in [-0.3, -0.25) is 9.59 Å². The summed E-state index contributed by atoms with van der Waals surface area (Å²) in [4.78, 5) is 21.4. The standard InChI is InChI=1S/C9H14O5/c10-6-3-1-5(2-4-6)7(8(11)12)9(13)14/h5-7,10H,1-4H2,(H,11,12)(H,13,14). The molecule has 3 N–H and O–H groups in total. The van der Waals surface area contributed by atoms with Crippen molar-refractivity contribution in [3.05, 3.63) is 0 Å². The summed E-state index contributed by atoms with van der Waals surface area (Å²) in [6.07, 6.45) is 1.56. The molecule has 0 heterocycles. The molecular formula is C9H14O5. The Morgan fingerprint density at radius 1 is 1.00 bits per heavy atom. The van der Waals surface area contributed by atoms with Gasteiger partial charge in [-0.05, 0) is 31.6 Å². The molecule has 0 aromatic rings. The maximum atomic E-state index is 10.7. The summed E-state index contributed by atoms with van der Waals surface area (Å²) in [5.74, 6) is -4.21. The van der Waals surface area contributed by atoms with Crippen LogP contribution in [0, 0.1) is 11.8 Å². The molecule has 1 saturated carbocycles. The van der Waals surface area contributed by atoms with E-state index in [-0.39, 0.29) is 5.92 Å². The van der Waals surface area contributed by atoms with E-state index in [4.69, 9.17) is 10.2 Å². The average Bonchev–Trinajstić information content (AvgIpc) is 2.07.